The SMILES string of the molecule is Cc1cc2ccccc2nc1N1CCC(C)C(CN)C1. The average molecular weight is 269 g/mol. The van der Waals surface area contributed by atoms with Crippen LogP contribution in [0.25, 0.3) is 10.9 Å². The molecule has 0 spiro atoms. The van der Waals surface area contributed by atoms with Crippen LogP contribution in [-0.2, 0) is 0 Å². The first-order valence-corrected chi connectivity index (χ1v) is 7.50. The zero-order valence-corrected chi connectivity index (χ0v) is 12.3. The van der Waals surface area contributed by atoms with Gasteiger partial charge in [-0.1, -0.05) is 25.1 Å². The molecule has 2 aromatic rings. The van der Waals surface area contributed by atoms with E-state index < -0.39 is 0 Å². The summed E-state index contributed by atoms with van der Waals surface area (Å²) < 4.78 is 0. The lowest BCUT2D eigenvalue weighted by atomic mass is 9.87. The predicted molar refractivity (Wildman–Crippen MR) is 85.0 cm³/mol. The van der Waals surface area contributed by atoms with Gasteiger partial charge in [0.2, 0.25) is 0 Å². The highest BCUT2D eigenvalue weighted by Gasteiger charge is 2.26. The van der Waals surface area contributed by atoms with Crippen molar-refractivity contribution in [2.45, 2.75) is 20.3 Å². The second-order valence-electron chi connectivity index (χ2n) is 6.03. The standard InChI is InChI=1S/C17H23N3/c1-12-7-8-20(11-15(12)10-18)17-13(2)9-14-5-3-4-6-16(14)19-17/h3-6,9,12,15H,7-8,10-11,18H2,1-2H3. The summed E-state index contributed by atoms with van der Waals surface area (Å²) in [5.74, 6) is 2.43. The molecule has 1 aromatic carbocycles. The third-order valence-electron chi connectivity index (χ3n) is 4.60. The van der Waals surface area contributed by atoms with Gasteiger partial charge >= 0.3 is 0 Å². The van der Waals surface area contributed by atoms with Crippen molar-refractivity contribution in [3.05, 3.63) is 35.9 Å². The first kappa shape index (κ1) is 13.4. The summed E-state index contributed by atoms with van der Waals surface area (Å²) in [4.78, 5) is 7.29. The molecule has 0 aliphatic carbocycles. The summed E-state index contributed by atoms with van der Waals surface area (Å²) in [6.07, 6.45) is 1.20. The molecule has 0 bridgehead atoms. The van der Waals surface area contributed by atoms with E-state index in [4.69, 9.17) is 10.7 Å². The molecular weight excluding hydrogens is 246 g/mol. The number of aryl methyl sites for hydroxylation is 1. The van der Waals surface area contributed by atoms with Gasteiger partial charge in [0.25, 0.3) is 0 Å². The van der Waals surface area contributed by atoms with Crippen molar-refractivity contribution in [2.75, 3.05) is 24.5 Å². The monoisotopic (exact) mass is 269 g/mol. The fourth-order valence-electron chi connectivity index (χ4n) is 3.18. The van der Waals surface area contributed by atoms with Crippen molar-refractivity contribution in [1.29, 1.82) is 0 Å². The molecule has 1 aliphatic heterocycles. The zero-order valence-electron chi connectivity index (χ0n) is 12.3. The van der Waals surface area contributed by atoms with Gasteiger partial charge in [0.15, 0.2) is 0 Å². The largest absolute Gasteiger partial charge is 0.356 e. The molecular formula is C17H23N3. The number of fused-ring (bicyclic) bond motifs is 1. The molecule has 1 saturated heterocycles. The molecule has 20 heavy (non-hydrogen) atoms. The van der Waals surface area contributed by atoms with E-state index in [1.54, 1.807) is 0 Å². The molecule has 3 heteroatoms. The Hall–Kier alpha value is -1.61. The van der Waals surface area contributed by atoms with E-state index in [1.165, 1.54) is 17.4 Å². The number of para-hydroxylation sites is 1. The van der Waals surface area contributed by atoms with E-state index in [0.717, 1.165) is 36.9 Å². The van der Waals surface area contributed by atoms with Gasteiger partial charge in [0, 0.05) is 18.5 Å². The van der Waals surface area contributed by atoms with E-state index in [1.807, 2.05) is 0 Å². The molecule has 0 saturated carbocycles. The first-order chi connectivity index (χ1) is 9.69. The summed E-state index contributed by atoms with van der Waals surface area (Å²) in [5, 5.41) is 1.22. The third-order valence-corrected chi connectivity index (χ3v) is 4.60. The Labute approximate surface area is 120 Å². The number of nitrogens with zero attached hydrogens (tertiary/aromatic N) is 2. The Morgan fingerprint density at radius 3 is 2.95 bits per heavy atom. The van der Waals surface area contributed by atoms with Gasteiger partial charge in [-0.25, -0.2) is 4.98 Å². The summed E-state index contributed by atoms with van der Waals surface area (Å²) in [6.45, 7) is 7.36. The lowest BCUT2D eigenvalue weighted by Crippen LogP contribution is -2.43. The maximum absolute atomic E-state index is 5.92. The maximum atomic E-state index is 5.92. The smallest absolute Gasteiger partial charge is 0.132 e. The van der Waals surface area contributed by atoms with E-state index in [9.17, 15) is 0 Å². The quantitative estimate of drug-likeness (QED) is 0.911. The minimum Gasteiger partial charge on any atom is -0.356 e. The van der Waals surface area contributed by atoms with Crippen LogP contribution >= 0.6 is 0 Å². The normalized spacial score (nSPS) is 23.2. The molecule has 2 atom stereocenters. The number of aromatic nitrogens is 1. The van der Waals surface area contributed by atoms with Crippen LogP contribution in [-0.4, -0.2) is 24.6 Å². The fourth-order valence-corrected chi connectivity index (χ4v) is 3.18. The number of rotatable bonds is 2. The van der Waals surface area contributed by atoms with Crippen molar-refractivity contribution in [1.82, 2.24) is 4.98 Å². The second-order valence-corrected chi connectivity index (χ2v) is 6.03. The summed E-state index contributed by atoms with van der Waals surface area (Å²) in [6, 6.07) is 10.6. The van der Waals surface area contributed by atoms with Gasteiger partial charge in [0.05, 0.1) is 5.52 Å². The molecule has 1 aliphatic rings. The lowest BCUT2D eigenvalue weighted by Gasteiger charge is -2.38. The minimum absolute atomic E-state index is 0.580. The highest BCUT2D eigenvalue weighted by Crippen LogP contribution is 2.29. The van der Waals surface area contributed by atoms with Crippen LogP contribution in [0.15, 0.2) is 30.3 Å². The van der Waals surface area contributed by atoms with Crippen LogP contribution in [0.2, 0.25) is 0 Å². The van der Waals surface area contributed by atoms with Crippen LogP contribution < -0.4 is 10.6 Å². The molecule has 1 fully saturated rings. The summed E-state index contributed by atoms with van der Waals surface area (Å²) in [5.41, 5.74) is 8.25. The van der Waals surface area contributed by atoms with Gasteiger partial charge in [0.1, 0.15) is 5.82 Å². The highest BCUT2D eigenvalue weighted by atomic mass is 15.2. The van der Waals surface area contributed by atoms with Gasteiger partial charge < -0.3 is 10.6 Å². The highest BCUT2D eigenvalue weighted by molar-refractivity contribution is 5.81. The molecule has 1 aromatic heterocycles. The van der Waals surface area contributed by atoms with E-state index >= 15 is 0 Å². The van der Waals surface area contributed by atoms with Gasteiger partial charge in [-0.3, -0.25) is 0 Å². The van der Waals surface area contributed by atoms with Crippen molar-refractivity contribution in [3.63, 3.8) is 0 Å². The lowest BCUT2D eigenvalue weighted by molar-refractivity contribution is 0.307. The zero-order chi connectivity index (χ0) is 14.1. The van der Waals surface area contributed by atoms with Crippen molar-refractivity contribution < 1.29 is 0 Å². The topological polar surface area (TPSA) is 42.2 Å². The number of nitrogens with two attached hydrogens (primary N) is 1. The molecule has 2 heterocycles. The summed E-state index contributed by atoms with van der Waals surface area (Å²) >= 11 is 0. The molecule has 3 rings (SSSR count). The molecule has 2 unspecified atom stereocenters. The average Bonchev–Trinajstić information content (AvgIpc) is 2.47. The Kier molecular flexibility index (Phi) is 3.62. The van der Waals surface area contributed by atoms with E-state index in [2.05, 4.69) is 49.1 Å². The van der Waals surface area contributed by atoms with Crippen LogP contribution in [0.5, 0.6) is 0 Å². The summed E-state index contributed by atoms with van der Waals surface area (Å²) in [7, 11) is 0. The molecule has 106 valence electrons. The van der Waals surface area contributed by atoms with Crippen molar-refractivity contribution in [3.8, 4) is 0 Å². The predicted octanol–water partition coefficient (Wildman–Crippen LogP) is 2.96. The number of pyridine rings is 1. The van der Waals surface area contributed by atoms with Crippen molar-refractivity contribution >= 4 is 16.7 Å². The first-order valence-electron chi connectivity index (χ1n) is 7.50. The second kappa shape index (κ2) is 5.41. The van der Waals surface area contributed by atoms with E-state index in [-0.39, 0.29) is 0 Å². The van der Waals surface area contributed by atoms with Crippen LogP contribution in [0, 0.1) is 18.8 Å². The fraction of sp³-hybridized carbons (Fsp3) is 0.471. The Bertz CT molecular complexity index is 608. The third kappa shape index (κ3) is 2.38. The number of piperidine rings is 1. The van der Waals surface area contributed by atoms with Crippen LogP contribution in [0.4, 0.5) is 5.82 Å². The number of benzene rings is 1. The van der Waals surface area contributed by atoms with Crippen LogP contribution in [0.3, 0.4) is 0 Å². The Morgan fingerprint density at radius 1 is 1.35 bits per heavy atom. The number of anilines is 1. The van der Waals surface area contributed by atoms with Gasteiger partial charge in [-0.2, -0.15) is 0 Å². The Balaban J connectivity index is 1.95. The van der Waals surface area contributed by atoms with E-state index in [0.29, 0.717) is 5.92 Å². The molecule has 0 radical (unpaired) electrons. The molecule has 2 N–H and O–H groups in total. The van der Waals surface area contributed by atoms with Gasteiger partial charge in [-0.05, 0) is 49.4 Å². The van der Waals surface area contributed by atoms with Crippen molar-refractivity contribution in [2.24, 2.45) is 17.6 Å². The maximum Gasteiger partial charge on any atom is 0.132 e. The van der Waals surface area contributed by atoms with Gasteiger partial charge in [-0.15, -0.1) is 0 Å². The minimum atomic E-state index is 0.580. The number of hydrogen-bond acceptors (Lipinski definition) is 3. The van der Waals surface area contributed by atoms with Crippen LogP contribution in [0.1, 0.15) is 18.9 Å². The molecule has 0 amide bonds. The number of hydrogen-bond donors (Lipinski definition) is 1. The molecule has 3 nitrogen and oxygen atoms in total. The Morgan fingerprint density at radius 2 is 2.15 bits per heavy atom.